The zero-order valence-electron chi connectivity index (χ0n) is 16.0. The van der Waals surface area contributed by atoms with E-state index in [4.69, 9.17) is 69.3 Å². The molecule has 0 saturated carbocycles. The summed E-state index contributed by atoms with van der Waals surface area (Å²) < 4.78 is 0. The smallest absolute Gasteiger partial charge is 0.242 e. The number of anilines is 4. The van der Waals surface area contributed by atoms with E-state index in [9.17, 15) is 0 Å². The maximum Gasteiger partial charge on any atom is 0.242 e. The number of hydrogen-bond acceptors (Lipinski definition) is 10. The van der Waals surface area contributed by atoms with E-state index in [2.05, 4.69) is 30.4 Å². The van der Waals surface area contributed by atoms with Gasteiger partial charge in [0.1, 0.15) is 11.4 Å². The Morgan fingerprint density at radius 1 is 0.531 bits per heavy atom. The predicted molar refractivity (Wildman–Crippen MR) is 128 cm³/mol. The van der Waals surface area contributed by atoms with Crippen molar-refractivity contribution >= 4 is 69.9 Å². The van der Waals surface area contributed by atoms with E-state index >= 15 is 0 Å². The minimum atomic E-state index is 0.0133. The second-order valence-corrected chi connectivity index (χ2v) is 7.58. The molecule has 164 valence electrons. The molecule has 2 aromatic heterocycles. The summed E-state index contributed by atoms with van der Waals surface area (Å²) in [5, 5.41) is 16.5. The van der Waals surface area contributed by atoms with Crippen molar-refractivity contribution in [2.75, 3.05) is 22.9 Å². The largest absolute Gasteiger partial charge is 0.382 e. The molecule has 14 heteroatoms. The number of hydrogen-bond donors (Lipinski definition) is 4. The first kappa shape index (κ1) is 23.5. The van der Waals surface area contributed by atoms with Crippen LogP contribution in [0.5, 0.6) is 0 Å². The van der Waals surface area contributed by atoms with Crippen molar-refractivity contribution in [3.8, 4) is 22.5 Å². The summed E-state index contributed by atoms with van der Waals surface area (Å²) in [5.41, 5.74) is 23.9. The monoisotopic (exact) mass is 510 g/mol. The van der Waals surface area contributed by atoms with Crippen LogP contribution in [0.4, 0.5) is 23.5 Å². The number of nitrogens with zero attached hydrogens (tertiary/aromatic N) is 6. The van der Waals surface area contributed by atoms with Crippen LogP contribution >= 0.6 is 46.4 Å². The van der Waals surface area contributed by atoms with Crippen LogP contribution in [0.25, 0.3) is 22.5 Å². The number of rotatable bonds is 2. The Morgan fingerprint density at radius 2 is 0.906 bits per heavy atom. The molecular weight excluding hydrogens is 498 g/mol. The van der Waals surface area contributed by atoms with Crippen molar-refractivity contribution in [3.63, 3.8) is 0 Å². The van der Waals surface area contributed by atoms with E-state index in [0.29, 0.717) is 42.6 Å². The number of nitrogens with two attached hydrogens (primary N) is 4. The second kappa shape index (κ2) is 9.96. The van der Waals surface area contributed by atoms with Gasteiger partial charge in [-0.15, -0.1) is 20.4 Å². The van der Waals surface area contributed by atoms with Crippen LogP contribution in [0.15, 0.2) is 36.4 Å². The van der Waals surface area contributed by atoms with E-state index < -0.39 is 0 Å². The van der Waals surface area contributed by atoms with E-state index in [0.717, 1.165) is 0 Å². The molecule has 0 aliphatic rings. The molecule has 0 atom stereocenters. The lowest BCUT2D eigenvalue weighted by Crippen LogP contribution is -2.04. The zero-order chi connectivity index (χ0) is 23.4. The molecule has 0 fully saturated rings. The summed E-state index contributed by atoms with van der Waals surface area (Å²) in [6.45, 7) is 0. The fourth-order valence-corrected chi connectivity index (χ4v) is 3.24. The molecule has 0 unspecified atom stereocenters. The fraction of sp³-hybridized carbons (Fsp3) is 0. The molecule has 0 amide bonds. The highest BCUT2D eigenvalue weighted by atomic mass is 35.5. The lowest BCUT2D eigenvalue weighted by molar-refractivity contribution is 0.999. The third kappa shape index (κ3) is 5.17. The molecule has 0 saturated heterocycles. The Bertz CT molecular complexity index is 1190. The Kier molecular flexibility index (Phi) is 7.31. The predicted octanol–water partition coefficient (Wildman–Crippen LogP) is 4.02. The summed E-state index contributed by atoms with van der Waals surface area (Å²) in [7, 11) is 0. The molecule has 0 bridgehead atoms. The first-order valence-corrected chi connectivity index (χ1v) is 10.1. The number of nitrogen functional groups attached to an aromatic ring is 4. The van der Waals surface area contributed by atoms with Crippen LogP contribution in [-0.2, 0) is 0 Å². The van der Waals surface area contributed by atoms with E-state index in [1.165, 1.54) is 0 Å². The average Bonchev–Trinajstić information content (AvgIpc) is 2.74. The van der Waals surface area contributed by atoms with Gasteiger partial charge in [-0.2, -0.15) is 9.97 Å². The maximum absolute atomic E-state index is 6.03. The SMILES string of the molecule is Nc1nnc(-c2cccc(Cl)c2Cl)c(N)n1.Nc1nnc(-c2cccc(Cl)c2Cl)c(N)n1. The van der Waals surface area contributed by atoms with Crippen LogP contribution in [0.3, 0.4) is 0 Å². The van der Waals surface area contributed by atoms with Crippen molar-refractivity contribution < 1.29 is 0 Å². The van der Waals surface area contributed by atoms with Gasteiger partial charge in [0.15, 0.2) is 11.6 Å². The molecule has 0 spiro atoms. The summed E-state index contributed by atoms with van der Waals surface area (Å²) in [6.07, 6.45) is 0. The minimum absolute atomic E-state index is 0.0133. The molecule has 2 aromatic carbocycles. The van der Waals surface area contributed by atoms with E-state index in [-0.39, 0.29) is 23.5 Å². The third-order valence-electron chi connectivity index (χ3n) is 3.87. The standard InChI is InChI=1S/2C9H7Cl2N5/c2*10-5-3-1-2-4(6(5)11)7-8(12)14-9(13)16-15-7/h2*1-3H,(H4,12,13,14,16). The summed E-state index contributed by atoms with van der Waals surface area (Å²) >= 11 is 23.8. The van der Waals surface area contributed by atoms with Crippen molar-refractivity contribution in [3.05, 3.63) is 56.5 Å². The summed E-state index contributed by atoms with van der Waals surface area (Å²) in [4.78, 5) is 7.60. The van der Waals surface area contributed by atoms with E-state index in [1.54, 1.807) is 36.4 Å². The average molecular weight is 512 g/mol. The summed E-state index contributed by atoms with van der Waals surface area (Å²) in [6, 6.07) is 10.3. The molecule has 32 heavy (non-hydrogen) atoms. The van der Waals surface area contributed by atoms with Crippen molar-refractivity contribution in [1.82, 2.24) is 30.4 Å². The Morgan fingerprint density at radius 3 is 1.25 bits per heavy atom. The van der Waals surface area contributed by atoms with Gasteiger partial charge < -0.3 is 22.9 Å². The highest BCUT2D eigenvalue weighted by Gasteiger charge is 2.14. The zero-order valence-corrected chi connectivity index (χ0v) is 19.0. The topological polar surface area (TPSA) is 181 Å². The lowest BCUT2D eigenvalue weighted by Gasteiger charge is -2.06. The number of aromatic nitrogens is 6. The van der Waals surface area contributed by atoms with Gasteiger partial charge >= 0.3 is 0 Å². The van der Waals surface area contributed by atoms with Gasteiger partial charge in [-0.3, -0.25) is 0 Å². The number of halogens is 4. The summed E-state index contributed by atoms with van der Waals surface area (Å²) in [5.74, 6) is 0.354. The number of benzene rings is 2. The minimum Gasteiger partial charge on any atom is -0.382 e. The van der Waals surface area contributed by atoms with Crippen molar-refractivity contribution in [2.45, 2.75) is 0 Å². The maximum atomic E-state index is 6.03. The fourth-order valence-electron chi connectivity index (χ4n) is 2.46. The third-order valence-corrected chi connectivity index (χ3v) is 5.51. The van der Waals surface area contributed by atoms with Gasteiger partial charge in [-0.05, 0) is 12.1 Å². The highest BCUT2D eigenvalue weighted by Crippen LogP contribution is 2.35. The van der Waals surface area contributed by atoms with Gasteiger partial charge in [0.05, 0.1) is 20.1 Å². The molecule has 4 rings (SSSR count). The van der Waals surface area contributed by atoms with Gasteiger partial charge in [-0.1, -0.05) is 70.7 Å². The van der Waals surface area contributed by atoms with Crippen LogP contribution < -0.4 is 22.9 Å². The molecule has 0 radical (unpaired) electrons. The van der Waals surface area contributed by atoms with E-state index in [1.807, 2.05) is 0 Å². The van der Waals surface area contributed by atoms with Crippen LogP contribution in [-0.4, -0.2) is 30.4 Å². The second-order valence-electron chi connectivity index (χ2n) is 6.01. The van der Waals surface area contributed by atoms with Crippen LogP contribution in [0.2, 0.25) is 20.1 Å². The Hall–Kier alpha value is -3.18. The molecule has 0 aliphatic heterocycles. The van der Waals surface area contributed by atoms with Gasteiger partial charge in [0, 0.05) is 11.1 Å². The molecule has 8 N–H and O–H groups in total. The molecule has 2 heterocycles. The van der Waals surface area contributed by atoms with Gasteiger partial charge in [-0.25, -0.2) is 0 Å². The van der Waals surface area contributed by atoms with Crippen LogP contribution in [0, 0.1) is 0 Å². The van der Waals surface area contributed by atoms with Crippen LogP contribution in [0.1, 0.15) is 0 Å². The Balaban J connectivity index is 0.000000181. The molecular formula is C18H14Cl4N10. The van der Waals surface area contributed by atoms with Crippen molar-refractivity contribution in [1.29, 1.82) is 0 Å². The first-order valence-electron chi connectivity index (χ1n) is 8.59. The highest BCUT2D eigenvalue weighted by molar-refractivity contribution is 6.44. The van der Waals surface area contributed by atoms with Gasteiger partial charge in [0.2, 0.25) is 11.9 Å². The first-order chi connectivity index (χ1) is 15.2. The normalized spacial score (nSPS) is 10.4. The van der Waals surface area contributed by atoms with Crippen molar-refractivity contribution in [2.24, 2.45) is 0 Å². The molecule has 4 aromatic rings. The molecule has 0 aliphatic carbocycles. The Labute approximate surface area is 201 Å². The lowest BCUT2D eigenvalue weighted by atomic mass is 10.1. The van der Waals surface area contributed by atoms with Gasteiger partial charge in [0.25, 0.3) is 0 Å². The quantitative estimate of drug-likeness (QED) is 0.306. The molecule has 10 nitrogen and oxygen atoms in total.